The first kappa shape index (κ1) is 22.3. The number of nitrogens with zero attached hydrogens (tertiary/aromatic N) is 2. The van der Waals surface area contributed by atoms with Crippen LogP contribution in [0.2, 0.25) is 0 Å². The van der Waals surface area contributed by atoms with Crippen molar-refractivity contribution in [1.29, 1.82) is 0 Å². The third kappa shape index (κ3) is 5.64. The van der Waals surface area contributed by atoms with E-state index in [9.17, 15) is 18.0 Å². The van der Waals surface area contributed by atoms with Crippen molar-refractivity contribution < 1.29 is 18.0 Å². The van der Waals surface area contributed by atoms with Crippen LogP contribution >= 0.6 is 0 Å². The minimum absolute atomic E-state index is 0.242. The van der Waals surface area contributed by atoms with E-state index in [1.165, 1.54) is 6.07 Å². The van der Waals surface area contributed by atoms with Crippen LogP contribution in [0.15, 0.2) is 18.2 Å². The summed E-state index contributed by atoms with van der Waals surface area (Å²) in [7, 11) is 0. The Kier molecular flexibility index (Phi) is 8.96. The molecule has 148 valence electrons. The van der Waals surface area contributed by atoms with E-state index in [4.69, 9.17) is 0 Å². The van der Waals surface area contributed by atoms with Crippen molar-refractivity contribution in [3.05, 3.63) is 23.8 Å². The van der Waals surface area contributed by atoms with Crippen molar-refractivity contribution in [2.24, 2.45) is 0 Å². The van der Waals surface area contributed by atoms with Gasteiger partial charge in [-0.25, -0.2) is 0 Å². The molecule has 6 heteroatoms. The Morgan fingerprint density at radius 3 is 1.73 bits per heavy atom. The maximum absolute atomic E-state index is 13.2. The zero-order valence-electron chi connectivity index (χ0n) is 16.3. The molecular weight excluding hydrogens is 341 g/mol. The van der Waals surface area contributed by atoms with Crippen molar-refractivity contribution in [2.45, 2.75) is 59.6 Å². The normalized spacial score (nSPS) is 11.5. The predicted molar refractivity (Wildman–Crippen MR) is 102 cm³/mol. The Morgan fingerprint density at radius 2 is 1.31 bits per heavy atom. The van der Waals surface area contributed by atoms with Gasteiger partial charge in [0.15, 0.2) is 0 Å². The summed E-state index contributed by atoms with van der Waals surface area (Å²) < 4.78 is 39.6. The number of anilines is 2. The summed E-state index contributed by atoms with van der Waals surface area (Å²) >= 11 is 0. The molecule has 0 unspecified atom stereocenters. The minimum atomic E-state index is -4.88. The van der Waals surface area contributed by atoms with E-state index >= 15 is 0 Å². The third-order valence-electron chi connectivity index (χ3n) is 4.15. The molecule has 1 aromatic carbocycles. The van der Waals surface area contributed by atoms with E-state index in [1.54, 1.807) is 6.07 Å². The summed E-state index contributed by atoms with van der Waals surface area (Å²) in [5, 5.41) is 0. The smallest absolute Gasteiger partial charge is 0.370 e. The van der Waals surface area contributed by atoms with Crippen LogP contribution in [0.25, 0.3) is 0 Å². The average Bonchev–Trinajstić information content (AvgIpc) is 2.59. The molecule has 0 aliphatic heterocycles. The highest BCUT2D eigenvalue weighted by Gasteiger charge is 2.41. The van der Waals surface area contributed by atoms with Crippen molar-refractivity contribution >= 4 is 17.2 Å². The second kappa shape index (κ2) is 10.4. The molecule has 0 amide bonds. The van der Waals surface area contributed by atoms with Crippen molar-refractivity contribution in [2.75, 3.05) is 36.0 Å². The van der Waals surface area contributed by atoms with E-state index < -0.39 is 12.0 Å². The summed E-state index contributed by atoms with van der Waals surface area (Å²) in [5.41, 5.74) is 0.917. The Morgan fingerprint density at radius 1 is 0.846 bits per heavy atom. The zero-order chi connectivity index (χ0) is 19.7. The summed E-state index contributed by atoms with van der Waals surface area (Å²) in [5.74, 6) is -1.76. The number of ketones is 1. The molecule has 0 atom stereocenters. The van der Waals surface area contributed by atoms with Crippen molar-refractivity contribution in [1.82, 2.24) is 0 Å². The van der Waals surface area contributed by atoms with Gasteiger partial charge in [-0.15, -0.1) is 0 Å². The Hall–Kier alpha value is -1.72. The van der Waals surface area contributed by atoms with Gasteiger partial charge >= 0.3 is 6.18 Å². The quantitative estimate of drug-likeness (QED) is 0.467. The molecule has 0 bridgehead atoms. The number of hydrogen-bond acceptors (Lipinski definition) is 3. The number of benzene rings is 1. The van der Waals surface area contributed by atoms with E-state index in [0.717, 1.165) is 44.5 Å². The fourth-order valence-electron chi connectivity index (χ4n) is 3.22. The highest BCUT2D eigenvalue weighted by atomic mass is 19.4. The lowest BCUT2D eigenvalue weighted by molar-refractivity contribution is -0.0884. The number of carbonyl (C=O) groups is 1. The molecule has 0 aromatic heterocycles. The zero-order valence-corrected chi connectivity index (χ0v) is 16.3. The van der Waals surface area contributed by atoms with E-state index in [0.29, 0.717) is 18.8 Å². The Labute approximate surface area is 155 Å². The lowest BCUT2D eigenvalue weighted by Crippen LogP contribution is -2.34. The van der Waals surface area contributed by atoms with Crippen molar-refractivity contribution in [3.63, 3.8) is 0 Å². The van der Waals surface area contributed by atoms with Crippen LogP contribution in [-0.2, 0) is 0 Å². The number of alkyl halides is 3. The molecule has 26 heavy (non-hydrogen) atoms. The summed E-state index contributed by atoms with van der Waals surface area (Å²) in [6.45, 7) is 10.8. The Bertz CT molecular complexity index is 561. The largest absolute Gasteiger partial charge is 0.454 e. The summed E-state index contributed by atoms with van der Waals surface area (Å²) in [6, 6.07) is 4.71. The molecular formula is C20H31F3N2O. The van der Waals surface area contributed by atoms with Gasteiger partial charge < -0.3 is 9.80 Å². The van der Waals surface area contributed by atoms with Crippen LogP contribution < -0.4 is 9.80 Å². The number of para-hydroxylation sites is 1. The maximum atomic E-state index is 13.2. The van der Waals surface area contributed by atoms with Gasteiger partial charge in [-0.1, -0.05) is 33.8 Å². The molecule has 0 heterocycles. The van der Waals surface area contributed by atoms with Gasteiger partial charge in [-0.3, -0.25) is 4.79 Å². The minimum Gasteiger partial charge on any atom is -0.370 e. The second-order valence-electron chi connectivity index (χ2n) is 6.47. The number of carbonyl (C=O) groups excluding carboxylic acids is 1. The highest BCUT2D eigenvalue weighted by molar-refractivity contribution is 6.07. The lowest BCUT2D eigenvalue weighted by atomic mass is 10.0. The lowest BCUT2D eigenvalue weighted by Gasteiger charge is -2.34. The van der Waals surface area contributed by atoms with E-state index in [1.807, 2.05) is 38.7 Å². The van der Waals surface area contributed by atoms with Crippen LogP contribution in [0.4, 0.5) is 24.5 Å². The second-order valence-corrected chi connectivity index (χ2v) is 6.47. The maximum Gasteiger partial charge on any atom is 0.454 e. The highest BCUT2D eigenvalue weighted by Crippen LogP contribution is 2.37. The molecule has 0 aliphatic carbocycles. The fraction of sp³-hybridized carbons (Fsp3) is 0.650. The van der Waals surface area contributed by atoms with Gasteiger partial charge in [-0.2, -0.15) is 13.2 Å². The SMILES string of the molecule is CCCN(CCC)c1cccc(C(=O)C(F)(F)F)c1N(CCC)CCC. The van der Waals surface area contributed by atoms with Crippen molar-refractivity contribution in [3.8, 4) is 0 Å². The van der Waals surface area contributed by atoms with Gasteiger partial charge in [0.25, 0.3) is 5.78 Å². The van der Waals surface area contributed by atoms with E-state index in [2.05, 4.69) is 4.90 Å². The van der Waals surface area contributed by atoms with Gasteiger partial charge in [-0.05, 0) is 37.8 Å². The van der Waals surface area contributed by atoms with Crippen LogP contribution in [-0.4, -0.2) is 38.1 Å². The molecule has 0 fully saturated rings. The Balaban J connectivity index is 3.60. The van der Waals surface area contributed by atoms with Crippen LogP contribution in [0.3, 0.4) is 0 Å². The molecule has 0 saturated carbocycles. The monoisotopic (exact) mass is 372 g/mol. The molecule has 1 aromatic rings. The van der Waals surface area contributed by atoms with E-state index in [-0.39, 0.29) is 5.56 Å². The third-order valence-corrected chi connectivity index (χ3v) is 4.15. The summed E-state index contributed by atoms with van der Waals surface area (Å²) in [6.07, 6.45) is -1.50. The molecule has 0 saturated heterocycles. The fourth-order valence-corrected chi connectivity index (χ4v) is 3.22. The predicted octanol–water partition coefficient (Wildman–Crippen LogP) is 5.68. The summed E-state index contributed by atoms with van der Waals surface area (Å²) in [4.78, 5) is 16.2. The van der Waals surface area contributed by atoms with Crippen LogP contribution in [0.1, 0.15) is 63.7 Å². The molecule has 0 spiro atoms. The van der Waals surface area contributed by atoms with Crippen LogP contribution in [0, 0.1) is 0 Å². The van der Waals surface area contributed by atoms with Gasteiger partial charge in [0, 0.05) is 26.2 Å². The van der Waals surface area contributed by atoms with Gasteiger partial charge in [0.05, 0.1) is 16.9 Å². The molecule has 3 nitrogen and oxygen atoms in total. The van der Waals surface area contributed by atoms with Gasteiger partial charge in [0.2, 0.25) is 0 Å². The first-order chi connectivity index (χ1) is 12.3. The first-order valence-corrected chi connectivity index (χ1v) is 9.56. The number of rotatable bonds is 11. The standard InChI is InChI=1S/C20H31F3N2O/c1-5-12-24(13-6-2)17-11-9-10-16(19(26)20(21,22)23)18(17)25(14-7-3)15-8-4/h9-11H,5-8,12-15H2,1-4H3. The first-order valence-electron chi connectivity index (χ1n) is 9.56. The number of hydrogen-bond donors (Lipinski definition) is 0. The topological polar surface area (TPSA) is 23.6 Å². The van der Waals surface area contributed by atoms with Gasteiger partial charge in [0.1, 0.15) is 0 Å². The molecule has 0 aliphatic rings. The number of Topliss-reactive ketones (excluding diaryl/α,β-unsaturated/α-hetero) is 1. The molecule has 1 rings (SSSR count). The number of halogens is 3. The average molecular weight is 372 g/mol. The molecule has 0 N–H and O–H groups in total. The molecule has 0 radical (unpaired) electrons. The van der Waals surface area contributed by atoms with Crippen LogP contribution in [0.5, 0.6) is 0 Å².